The zero-order valence-electron chi connectivity index (χ0n) is 24.6. The quantitative estimate of drug-likeness (QED) is 0.192. The summed E-state index contributed by atoms with van der Waals surface area (Å²) in [5, 5.41) is 16.7. The van der Waals surface area contributed by atoms with Crippen molar-refractivity contribution in [3.05, 3.63) is 82.9 Å². The molecule has 5 rings (SSSR count). The SMILES string of the molecule is C[C@H](NC(=O)C(C)(F)F)[C@H](Oc1ccc(Nc2cccc(C(=O)NC3CCCC3)c2)c(C=N)c1)c1ccc2c(c1)OCOC2. The van der Waals surface area contributed by atoms with E-state index >= 15 is 0 Å². The molecule has 1 aliphatic carbocycles. The van der Waals surface area contributed by atoms with E-state index in [0.717, 1.165) is 37.5 Å². The lowest BCUT2D eigenvalue weighted by Gasteiger charge is -2.29. The fourth-order valence-electron chi connectivity index (χ4n) is 5.35. The summed E-state index contributed by atoms with van der Waals surface area (Å²) in [7, 11) is 0. The van der Waals surface area contributed by atoms with Gasteiger partial charge in [0.25, 0.3) is 11.8 Å². The lowest BCUT2D eigenvalue weighted by atomic mass is 10.00. The van der Waals surface area contributed by atoms with Gasteiger partial charge in [-0.1, -0.05) is 31.0 Å². The Balaban J connectivity index is 1.36. The molecule has 11 heteroatoms. The first-order chi connectivity index (χ1) is 21.1. The number of hydrogen-bond donors (Lipinski definition) is 4. The molecule has 0 spiro atoms. The summed E-state index contributed by atoms with van der Waals surface area (Å²) in [6.45, 7) is 2.58. The van der Waals surface area contributed by atoms with Crippen molar-refractivity contribution in [1.82, 2.24) is 10.6 Å². The summed E-state index contributed by atoms with van der Waals surface area (Å²) < 4.78 is 44.7. The van der Waals surface area contributed by atoms with Crippen LogP contribution in [-0.2, 0) is 16.1 Å². The van der Waals surface area contributed by atoms with Gasteiger partial charge in [-0.2, -0.15) is 8.78 Å². The van der Waals surface area contributed by atoms with Crippen LogP contribution in [0.5, 0.6) is 11.5 Å². The molecule has 2 aliphatic rings. The highest BCUT2D eigenvalue weighted by Crippen LogP contribution is 2.33. The molecule has 3 aromatic carbocycles. The van der Waals surface area contributed by atoms with E-state index in [-0.39, 0.29) is 18.7 Å². The maximum absolute atomic E-state index is 13.7. The molecule has 4 N–H and O–H groups in total. The van der Waals surface area contributed by atoms with Crippen LogP contribution in [0.4, 0.5) is 20.2 Å². The van der Waals surface area contributed by atoms with Gasteiger partial charge in [-0.3, -0.25) is 9.59 Å². The van der Waals surface area contributed by atoms with Crippen LogP contribution in [0.25, 0.3) is 0 Å². The second-order valence-electron chi connectivity index (χ2n) is 11.2. The second kappa shape index (κ2) is 13.4. The summed E-state index contributed by atoms with van der Waals surface area (Å²) in [5.74, 6) is -4.16. The molecule has 0 unspecified atom stereocenters. The van der Waals surface area contributed by atoms with Gasteiger partial charge < -0.3 is 35.6 Å². The van der Waals surface area contributed by atoms with Crippen LogP contribution in [0.2, 0.25) is 0 Å². The lowest BCUT2D eigenvalue weighted by molar-refractivity contribution is -0.144. The summed E-state index contributed by atoms with van der Waals surface area (Å²) in [4.78, 5) is 24.9. The Bertz CT molecular complexity index is 1520. The zero-order valence-corrected chi connectivity index (χ0v) is 24.6. The Morgan fingerprint density at radius 2 is 1.89 bits per heavy atom. The molecule has 9 nitrogen and oxygen atoms in total. The molecule has 2 amide bonds. The van der Waals surface area contributed by atoms with Crippen LogP contribution in [0.3, 0.4) is 0 Å². The van der Waals surface area contributed by atoms with E-state index < -0.39 is 24.0 Å². The van der Waals surface area contributed by atoms with Crippen LogP contribution in [0.15, 0.2) is 60.7 Å². The monoisotopic (exact) mass is 606 g/mol. The molecular weight excluding hydrogens is 570 g/mol. The van der Waals surface area contributed by atoms with E-state index in [0.29, 0.717) is 53.1 Å². The fourth-order valence-corrected chi connectivity index (χ4v) is 5.35. The molecule has 0 aromatic heterocycles. The van der Waals surface area contributed by atoms with Crippen molar-refractivity contribution in [3.8, 4) is 11.5 Å². The van der Waals surface area contributed by atoms with Crippen molar-refractivity contribution in [1.29, 1.82) is 5.41 Å². The average Bonchev–Trinajstić information content (AvgIpc) is 3.53. The third kappa shape index (κ3) is 7.52. The van der Waals surface area contributed by atoms with Gasteiger partial charge in [0, 0.05) is 47.2 Å². The van der Waals surface area contributed by atoms with Gasteiger partial charge in [0.05, 0.1) is 12.6 Å². The lowest BCUT2D eigenvalue weighted by Crippen LogP contribution is -2.46. The number of benzene rings is 3. The minimum atomic E-state index is -3.57. The van der Waals surface area contributed by atoms with Gasteiger partial charge in [0.1, 0.15) is 17.6 Å². The number of alkyl halides is 2. The number of nitrogens with one attached hydrogen (secondary N) is 4. The molecule has 2 atom stereocenters. The highest BCUT2D eigenvalue weighted by Gasteiger charge is 2.35. The highest BCUT2D eigenvalue weighted by molar-refractivity contribution is 5.96. The first-order valence-corrected chi connectivity index (χ1v) is 14.6. The Morgan fingerprint density at radius 3 is 2.64 bits per heavy atom. The molecule has 3 aromatic rings. The van der Waals surface area contributed by atoms with Crippen molar-refractivity contribution < 1.29 is 32.6 Å². The van der Waals surface area contributed by atoms with Crippen LogP contribution < -0.4 is 25.4 Å². The molecular formula is C33H36F2N4O5. The van der Waals surface area contributed by atoms with Crippen molar-refractivity contribution >= 4 is 29.4 Å². The maximum atomic E-state index is 13.7. The van der Waals surface area contributed by atoms with Crippen LogP contribution >= 0.6 is 0 Å². The van der Waals surface area contributed by atoms with Gasteiger partial charge in [0.2, 0.25) is 0 Å². The number of halogens is 2. The van der Waals surface area contributed by atoms with Crippen molar-refractivity contribution in [2.45, 2.75) is 70.2 Å². The first kappa shape index (κ1) is 30.9. The summed E-state index contributed by atoms with van der Waals surface area (Å²) in [5.41, 5.74) is 3.74. The Morgan fingerprint density at radius 1 is 1.09 bits per heavy atom. The van der Waals surface area contributed by atoms with Crippen molar-refractivity contribution in [3.63, 3.8) is 0 Å². The van der Waals surface area contributed by atoms with Gasteiger partial charge in [-0.25, -0.2) is 0 Å². The smallest absolute Gasteiger partial charge is 0.321 e. The largest absolute Gasteiger partial charge is 0.484 e. The minimum Gasteiger partial charge on any atom is -0.484 e. The van der Waals surface area contributed by atoms with Crippen LogP contribution in [-0.4, -0.2) is 42.8 Å². The Labute approximate surface area is 254 Å². The average molecular weight is 607 g/mol. The Hall–Kier alpha value is -4.51. The number of ether oxygens (including phenoxy) is 3. The predicted molar refractivity (Wildman–Crippen MR) is 162 cm³/mol. The zero-order chi connectivity index (χ0) is 31.3. The van der Waals surface area contributed by atoms with E-state index in [9.17, 15) is 18.4 Å². The molecule has 232 valence electrons. The maximum Gasteiger partial charge on any atom is 0.321 e. The number of carbonyl (C=O) groups is 2. The number of anilines is 2. The van der Waals surface area contributed by atoms with Gasteiger partial charge in [-0.05, 0) is 67.8 Å². The van der Waals surface area contributed by atoms with E-state index in [4.69, 9.17) is 19.6 Å². The normalized spacial score (nSPS) is 16.2. The molecule has 0 bridgehead atoms. The molecule has 44 heavy (non-hydrogen) atoms. The van der Waals surface area contributed by atoms with Crippen LogP contribution in [0, 0.1) is 5.41 Å². The molecule has 1 fully saturated rings. The number of fused-ring (bicyclic) bond motifs is 1. The fraction of sp³-hybridized carbons (Fsp3) is 0.364. The van der Waals surface area contributed by atoms with Crippen molar-refractivity contribution in [2.24, 2.45) is 0 Å². The predicted octanol–water partition coefficient (Wildman–Crippen LogP) is 6.25. The molecule has 1 saturated carbocycles. The molecule has 0 radical (unpaired) electrons. The number of carbonyl (C=O) groups excluding carboxylic acids is 2. The number of amides is 2. The molecule has 1 heterocycles. The third-order valence-electron chi connectivity index (χ3n) is 7.72. The summed E-state index contributed by atoms with van der Waals surface area (Å²) in [6, 6.07) is 16.9. The second-order valence-corrected chi connectivity index (χ2v) is 11.2. The topological polar surface area (TPSA) is 122 Å². The summed E-state index contributed by atoms with van der Waals surface area (Å²) >= 11 is 0. The van der Waals surface area contributed by atoms with Gasteiger partial charge >= 0.3 is 5.92 Å². The standard InChI is InChI=1S/C33H36F2N4O5/c1-20(37-32(41)33(2,34)35)30(21-10-11-23-18-42-19-43-29(23)16-21)44-27-12-13-28(24(15-27)17-36)38-26-9-5-6-22(14-26)31(40)39-25-7-3-4-8-25/h5-6,9-17,20,25,30,36,38H,3-4,7-8,18-19H2,1-2H3,(H,37,41)(H,39,40)/t20-,30-/m0/s1. The first-order valence-electron chi connectivity index (χ1n) is 14.6. The Kier molecular flexibility index (Phi) is 9.43. The third-order valence-corrected chi connectivity index (χ3v) is 7.72. The van der Waals surface area contributed by atoms with E-state index in [1.807, 2.05) is 6.07 Å². The number of rotatable bonds is 11. The number of hydrogen-bond acceptors (Lipinski definition) is 7. The van der Waals surface area contributed by atoms with E-state index in [1.54, 1.807) is 61.5 Å². The highest BCUT2D eigenvalue weighted by atomic mass is 19.3. The minimum absolute atomic E-state index is 0.0849. The molecule has 0 saturated heterocycles. The van der Waals surface area contributed by atoms with Gasteiger partial charge in [-0.15, -0.1) is 0 Å². The van der Waals surface area contributed by atoms with Crippen LogP contribution in [0.1, 0.15) is 72.7 Å². The molecule has 1 aliphatic heterocycles. The van der Waals surface area contributed by atoms with E-state index in [2.05, 4.69) is 16.0 Å². The van der Waals surface area contributed by atoms with E-state index in [1.165, 1.54) is 0 Å². The van der Waals surface area contributed by atoms with Gasteiger partial charge in [0.15, 0.2) is 6.79 Å². The van der Waals surface area contributed by atoms with Crippen molar-refractivity contribution in [2.75, 3.05) is 12.1 Å². The summed E-state index contributed by atoms with van der Waals surface area (Å²) in [6.07, 6.45) is 4.53.